The first-order valence-corrected chi connectivity index (χ1v) is 8.75. The van der Waals surface area contributed by atoms with Crippen LogP contribution in [0.1, 0.15) is 19.5 Å². The Morgan fingerprint density at radius 1 is 1.43 bits per heavy atom. The van der Waals surface area contributed by atoms with Gasteiger partial charge in [-0.1, -0.05) is 19.9 Å². The molecular formula is C16H19FN2O3S. The van der Waals surface area contributed by atoms with Gasteiger partial charge >= 0.3 is 0 Å². The molecule has 1 N–H and O–H groups in total. The Labute approximate surface area is 136 Å². The molecule has 0 aliphatic heterocycles. The summed E-state index contributed by atoms with van der Waals surface area (Å²) in [5.41, 5.74) is 0.982. The number of aromatic nitrogens is 1. The zero-order valence-electron chi connectivity index (χ0n) is 13.0. The Balaban J connectivity index is 1.91. The average molecular weight is 338 g/mol. The SMILES string of the molecule is CC(C)CNC(=O)C[S@@](=O)Cc1coc(-c2cccc(F)c2)n1. The summed E-state index contributed by atoms with van der Waals surface area (Å²) in [6.07, 6.45) is 1.38. The van der Waals surface area contributed by atoms with Crippen molar-refractivity contribution in [2.24, 2.45) is 5.92 Å². The van der Waals surface area contributed by atoms with Gasteiger partial charge in [0.15, 0.2) is 0 Å². The molecule has 0 aliphatic carbocycles. The predicted molar refractivity (Wildman–Crippen MR) is 86.5 cm³/mol. The molecule has 0 saturated heterocycles. The van der Waals surface area contributed by atoms with Crippen LogP contribution >= 0.6 is 0 Å². The minimum atomic E-state index is -1.37. The topological polar surface area (TPSA) is 72.2 Å². The first-order chi connectivity index (χ1) is 10.9. The van der Waals surface area contributed by atoms with Gasteiger partial charge in [-0.05, 0) is 24.1 Å². The average Bonchev–Trinajstić information content (AvgIpc) is 2.93. The first-order valence-electron chi connectivity index (χ1n) is 7.26. The Morgan fingerprint density at radius 2 is 2.22 bits per heavy atom. The molecule has 0 radical (unpaired) electrons. The van der Waals surface area contributed by atoms with Gasteiger partial charge in [0.1, 0.15) is 17.8 Å². The third-order valence-corrected chi connectivity index (χ3v) is 4.13. The van der Waals surface area contributed by atoms with Gasteiger partial charge in [-0.25, -0.2) is 9.37 Å². The summed E-state index contributed by atoms with van der Waals surface area (Å²) in [5, 5.41) is 2.72. The van der Waals surface area contributed by atoms with Crippen molar-refractivity contribution >= 4 is 16.7 Å². The molecule has 2 rings (SSSR count). The molecule has 2 aromatic rings. The van der Waals surface area contributed by atoms with Crippen LogP contribution in [-0.4, -0.2) is 27.4 Å². The third kappa shape index (κ3) is 5.59. The summed E-state index contributed by atoms with van der Waals surface area (Å²) >= 11 is 0. The second kappa shape index (κ2) is 8.01. The summed E-state index contributed by atoms with van der Waals surface area (Å²) in [6, 6.07) is 5.88. The van der Waals surface area contributed by atoms with Gasteiger partial charge < -0.3 is 9.73 Å². The summed E-state index contributed by atoms with van der Waals surface area (Å²) < 4.78 is 30.4. The zero-order chi connectivity index (χ0) is 16.8. The molecule has 124 valence electrons. The molecule has 0 aliphatic rings. The molecule has 1 atom stereocenters. The maximum absolute atomic E-state index is 13.2. The second-order valence-electron chi connectivity index (χ2n) is 5.58. The van der Waals surface area contributed by atoms with E-state index in [1.165, 1.54) is 18.4 Å². The lowest BCUT2D eigenvalue weighted by atomic mass is 10.2. The van der Waals surface area contributed by atoms with Crippen molar-refractivity contribution in [1.29, 1.82) is 0 Å². The molecule has 0 bridgehead atoms. The van der Waals surface area contributed by atoms with E-state index in [2.05, 4.69) is 10.3 Å². The Bertz CT molecular complexity index is 700. The predicted octanol–water partition coefficient (Wildman–Crippen LogP) is 2.50. The van der Waals surface area contributed by atoms with Crippen molar-refractivity contribution in [2.75, 3.05) is 12.3 Å². The Morgan fingerprint density at radius 3 is 2.91 bits per heavy atom. The lowest BCUT2D eigenvalue weighted by Gasteiger charge is -2.06. The second-order valence-corrected chi connectivity index (χ2v) is 7.04. The third-order valence-electron chi connectivity index (χ3n) is 2.93. The van der Waals surface area contributed by atoms with Crippen LogP contribution in [0.4, 0.5) is 4.39 Å². The van der Waals surface area contributed by atoms with E-state index in [1.54, 1.807) is 12.1 Å². The van der Waals surface area contributed by atoms with Crippen LogP contribution in [0.5, 0.6) is 0 Å². The largest absolute Gasteiger partial charge is 0.444 e. The van der Waals surface area contributed by atoms with Crippen LogP contribution in [0.15, 0.2) is 34.9 Å². The van der Waals surface area contributed by atoms with Crippen LogP contribution in [-0.2, 0) is 21.3 Å². The fourth-order valence-electron chi connectivity index (χ4n) is 1.86. The van der Waals surface area contributed by atoms with Crippen molar-refractivity contribution in [3.63, 3.8) is 0 Å². The van der Waals surface area contributed by atoms with E-state index in [0.717, 1.165) is 0 Å². The minimum Gasteiger partial charge on any atom is -0.444 e. The summed E-state index contributed by atoms with van der Waals surface area (Å²) in [6.45, 7) is 4.53. The minimum absolute atomic E-state index is 0.0745. The van der Waals surface area contributed by atoms with Crippen LogP contribution in [0.25, 0.3) is 11.5 Å². The number of nitrogens with one attached hydrogen (secondary N) is 1. The summed E-state index contributed by atoms with van der Waals surface area (Å²) in [4.78, 5) is 15.8. The number of carbonyl (C=O) groups is 1. The van der Waals surface area contributed by atoms with Crippen LogP contribution in [0.3, 0.4) is 0 Å². The molecule has 7 heteroatoms. The van der Waals surface area contributed by atoms with Crippen LogP contribution in [0.2, 0.25) is 0 Å². The fraction of sp³-hybridized carbons (Fsp3) is 0.375. The Kier molecular flexibility index (Phi) is 6.04. The smallest absolute Gasteiger partial charge is 0.232 e. The van der Waals surface area contributed by atoms with Crippen LogP contribution in [0, 0.1) is 11.7 Å². The molecular weight excluding hydrogens is 319 g/mol. The van der Waals surface area contributed by atoms with Gasteiger partial charge in [-0.3, -0.25) is 9.00 Å². The maximum Gasteiger partial charge on any atom is 0.232 e. The molecule has 1 aromatic carbocycles. The van der Waals surface area contributed by atoms with Gasteiger partial charge in [0.05, 0.1) is 11.4 Å². The highest BCUT2D eigenvalue weighted by molar-refractivity contribution is 7.84. The van der Waals surface area contributed by atoms with Crippen molar-refractivity contribution in [1.82, 2.24) is 10.3 Å². The lowest BCUT2D eigenvalue weighted by molar-refractivity contribution is -0.118. The highest BCUT2D eigenvalue weighted by Gasteiger charge is 2.13. The van der Waals surface area contributed by atoms with Gasteiger partial charge in [-0.2, -0.15) is 0 Å². The van der Waals surface area contributed by atoms with Gasteiger partial charge in [-0.15, -0.1) is 0 Å². The molecule has 1 aromatic heterocycles. The number of halogens is 1. The highest BCUT2D eigenvalue weighted by atomic mass is 32.2. The number of hydrogen-bond acceptors (Lipinski definition) is 4. The number of oxazole rings is 1. The molecule has 0 saturated carbocycles. The molecule has 23 heavy (non-hydrogen) atoms. The molecule has 0 unspecified atom stereocenters. The molecule has 1 heterocycles. The van der Waals surface area contributed by atoms with Crippen LogP contribution < -0.4 is 5.32 Å². The number of hydrogen-bond donors (Lipinski definition) is 1. The van der Waals surface area contributed by atoms with Crippen molar-refractivity contribution in [3.8, 4) is 11.5 Å². The fourth-order valence-corrected chi connectivity index (χ4v) is 2.82. The summed E-state index contributed by atoms with van der Waals surface area (Å²) in [5.74, 6) is 0.0269. The first kappa shape index (κ1) is 17.3. The maximum atomic E-state index is 13.2. The molecule has 5 nitrogen and oxygen atoms in total. The van der Waals surface area contributed by atoms with Crippen molar-refractivity contribution in [2.45, 2.75) is 19.6 Å². The van der Waals surface area contributed by atoms with Crippen molar-refractivity contribution < 1.29 is 17.8 Å². The zero-order valence-corrected chi connectivity index (χ0v) is 13.9. The van der Waals surface area contributed by atoms with E-state index >= 15 is 0 Å². The summed E-state index contributed by atoms with van der Waals surface area (Å²) in [7, 11) is -1.37. The van der Waals surface area contributed by atoms with E-state index in [1.807, 2.05) is 13.8 Å². The quantitative estimate of drug-likeness (QED) is 0.842. The normalized spacial score (nSPS) is 12.3. The number of carbonyl (C=O) groups excluding carboxylic acids is 1. The van der Waals surface area contributed by atoms with E-state index in [-0.39, 0.29) is 29.1 Å². The van der Waals surface area contributed by atoms with E-state index in [4.69, 9.17) is 4.42 Å². The number of rotatable bonds is 7. The monoisotopic (exact) mass is 338 g/mol. The Hall–Kier alpha value is -2.02. The van der Waals surface area contributed by atoms with E-state index in [9.17, 15) is 13.4 Å². The number of nitrogens with zero attached hydrogens (tertiary/aromatic N) is 1. The molecule has 0 spiro atoms. The standard InChI is InChI=1S/C16H19FN2O3S/c1-11(2)7-18-15(20)10-23(21)9-14-8-22-16(19-14)12-4-3-5-13(17)6-12/h3-6,8,11H,7,9-10H2,1-2H3,(H,18,20)/t23-/m0/s1. The molecule has 0 fully saturated rings. The van der Waals surface area contributed by atoms with Gasteiger partial charge in [0.2, 0.25) is 11.8 Å². The number of amides is 1. The molecule has 1 amide bonds. The number of benzene rings is 1. The van der Waals surface area contributed by atoms with Gasteiger partial charge in [0.25, 0.3) is 0 Å². The lowest BCUT2D eigenvalue weighted by Crippen LogP contribution is -2.31. The van der Waals surface area contributed by atoms with Gasteiger partial charge in [0, 0.05) is 22.9 Å². The van der Waals surface area contributed by atoms with Crippen molar-refractivity contribution in [3.05, 3.63) is 42.0 Å². The van der Waals surface area contributed by atoms with E-state index in [0.29, 0.717) is 23.7 Å². The van der Waals surface area contributed by atoms with E-state index < -0.39 is 10.8 Å². The highest BCUT2D eigenvalue weighted by Crippen LogP contribution is 2.19.